The second-order valence-electron chi connectivity index (χ2n) is 2.90. The van der Waals surface area contributed by atoms with Gasteiger partial charge in [-0.1, -0.05) is 6.07 Å². The number of benzene rings is 1. The number of aromatic nitrogens is 1. The van der Waals surface area contributed by atoms with Crippen LogP contribution in [0.25, 0.3) is 10.9 Å². The van der Waals surface area contributed by atoms with E-state index >= 15 is 0 Å². The smallest absolute Gasteiger partial charge is 0.254 e. The number of fused-ring (bicyclic) bond motifs is 1. The summed E-state index contributed by atoms with van der Waals surface area (Å²) in [5.41, 5.74) is 5.64. The molecular weight excluding hydrogens is 180 g/mol. The van der Waals surface area contributed by atoms with Crippen LogP contribution >= 0.6 is 0 Å². The Morgan fingerprint density at radius 3 is 2.86 bits per heavy atom. The van der Waals surface area contributed by atoms with Crippen molar-refractivity contribution < 1.29 is 9.90 Å². The van der Waals surface area contributed by atoms with Crippen molar-refractivity contribution >= 4 is 16.8 Å². The van der Waals surface area contributed by atoms with Crippen molar-refractivity contribution in [1.82, 2.24) is 4.98 Å². The van der Waals surface area contributed by atoms with E-state index in [1.54, 1.807) is 24.4 Å². The first-order valence-corrected chi connectivity index (χ1v) is 4.06. The number of nitrogens with zero attached hydrogens (tertiary/aromatic N) is 1. The summed E-state index contributed by atoms with van der Waals surface area (Å²) in [6.45, 7) is 0. The van der Waals surface area contributed by atoms with Crippen molar-refractivity contribution in [2.75, 3.05) is 0 Å². The standard InChI is InChI=1S/C10H8N2O2/c11-10(14)8-7(13)4-3-6-2-1-5-12-9(6)8/h1-5,13H,(H2,11,14). The molecule has 0 atom stereocenters. The molecule has 0 saturated heterocycles. The third-order valence-corrected chi connectivity index (χ3v) is 2.00. The zero-order chi connectivity index (χ0) is 10.1. The summed E-state index contributed by atoms with van der Waals surface area (Å²) in [5.74, 6) is -0.810. The van der Waals surface area contributed by atoms with Crippen LogP contribution in [-0.2, 0) is 0 Å². The fourth-order valence-corrected chi connectivity index (χ4v) is 1.38. The molecule has 4 heteroatoms. The molecule has 0 radical (unpaired) electrons. The molecule has 1 aromatic carbocycles. The maximum atomic E-state index is 11.1. The molecule has 0 aliphatic rings. The van der Waals surface area contributed by atoms with Crippen LogP contribution in [0, 0.1) is 0 Å². The molecule has 70 valence electrons. The lowest BCUT2D eigenvalue weighted by atomic mass is 10.1. The molecule has 3 N–H and O–H groups in total. The minimum absolute atomic E-state index is 0.0723. The largest absolute Gasteiger partial charge is 0.507 e. The van der Waals surface area contributed by atoms with Crippen LogP contribution in [0.5, 0.6) is 5.75 Å². The fraction of sp³-hybridized carbons (Fsp3) is 0. The SMILES string of the molecule is NC(=O)c1c(O)ccc2cccnc12. The van der Waals surface area contributed by atoms with Gasteiger partial charge in [0, 0.05) is 11.6 Å². The number of amides is 1. The second kappa shape index (κ2) is 2.99. The van der Waals surface area contributed by atoms with Gasteiger partial charge in [0.15, 0.2) is 0 Å². The van der Waals surface area contributed by atoms with Crippen molar-refractivity contribution in [2.24, 2.45) is 5.73 Å². The number of primary amides is 1. The highest BCUT2D eigenvalue weighted by atomic mass is 16.3. The predicted molar refractivity (Wildman–Crippen MR) is 51.9 cm³/mol. The molecule has 0 bridgehead atoms. The van der Waals surface area contributed by atoms with Crippen molar-refractivity contribution in [2.45, 2.75) is 0 Å². The van der Waals surface area contributed by atoms with Gasteiger partial charge >= 0.3 is 0 Å². The van der Waals surface area contributed by atoms with Gasteiger partial charge in [-0.05, 0) is 18.2 Å². The molecule has 2 rings (SSSR count). The van der Waals surface area contributed by atoms with Gasteiger partial charge in [0.2, 0.25) is 0 Å². The Kier molecular flexibility index (Phi) is 1.81. The lowest BCUT2D eigenvalue weighted by molar-refractivity contribution is 0.0999. The first kappa shape index (κ1) is 8.50. The zero-order valence-electron chi connectivity index (χ0n) is 7.27. The Morgan fingerprint density at radius 2 is 2.14 bits per heavy atom. The van der Waals surface area contributed by atoms with Gasteiger partial charge in [0.1, 0.15) is 11.3 Å². The van der Waals surface area contributed by atoms with Gasteiger partial charge in [-0.3, -0.25) is 9.78 Å². The Hall–Kier alpha value is -2.10. The molecule has 0 aliphatic heterocycles. The van der Waals surface area contributed by atoms with Crippen LogP contribution in [0.2, 0.25) is 0 Å². The number of phenols is 1. The number of nitrogens with two attached hydrogens (primary N) is 1. The van der Waals surface area contributed by atoms with Gasteiger partial charge in [-0.2, -0.15) is 0 Å². The molecule has 2 aromatic rings. The van der Waals surface area contributed by atoms with Gasteiger partial charge in [-0.25, -0.2) is 0 Å². The highest BCUT2D eigenvalue weighted by molar-refractivity contribution is 6.07. The van der Waals surface area contributed by atoms with Crippen molar-refractivity contribution in [3.8, 4) is 5.75 Å². The Morgan fingerprint density at radius 1 is 1.36 bits per heavy atom. The van der Waals surface area contributed by atoms with E-state index < -0.39 is 5.91 Å². The van der Waals surface area contributed by atoms with E-state index in [1.807, 2.05) is 0 Å². The van der Waals surface area contributed by atoms with Crippen LogP contribution in [0.15, 0.2) is 30.5 Å². The average Bonchev–Trinajstić information content (AvgIpc) is 2.17. The highest BCUT2D eigenvalue weighted by Gasteiger charge is 2.12. The average molecular weight is 188 g/mol. The monoisotopic (exact) mass is 188 g/mol. The number of pyridine rings is 1. The van der Waals surface area contributed by atoms with Crippen molar-refractivity contribution in [3.05, 3.63) is 36.0 Å². The van der Waals surface area contributed by atoms with E-state index in [-0.39, 0.29) is 11.3 Å². The lowest BCUT2D eigenvalue weighted by Gasteiger charge is -2.03. The third kappa shape index (κ3) is 1.17. The molecule has 1 heterocycles. The van der Waals surface area contributed by atoms with E-state index in [4.69, 9.17) is 5.73 Å². The maximum Gasteiger partial charge on any atom is 0.254 e. The van der Waals surface area contributed by atoms with Gasteiger partial charge in [-0.15, -0.1) is 0 Å². The fourth-order valence-electron chi connectivity index (χ4n) is 1.38. The van der Waals surface area contributed by atoms with E-state index in [2.05, 4.69) is 4.98 Å². The molecule has 0 saturated carbocycles. The molecule has 14 heavy (non-hydrogen) atoms. The molecule has 0 aliphatic carbocycles. The summed E-state index contributed by atoms with van der Waals surface area (Å²) in [4.78, 5) is 15.1. The minimum atomic E-state index is -0.674. The minimum Gasteiger partial charge on any atom is -0.507 e. The summed E-state index contributed by atoms with van der Waals surface area (Å²) in [6.07, 6.45) is 1.55. The molecule has 0 unspecified atom stereocenters. The van der Waals surface area contributed by atoms with E-state index in [0.717, 1.165) is 5.39 Å². The first-order valence-electron chi connectivity index (χ1n) is 4.06. The summed E-state index contributed by atoms with van der Waals surface area (Å²) < 4.78 is 0. The normalized spacial score (nSPS) is 10.3. The van der Waals surface area contributed by atoms with E-state index in [1.165, 1.54) is 6.07 Å². The topological polar surface area (TPSA) is 76.2 Å². The molecule has 0 spiro atoms. The molecule has 1 aromatic heterocycles. The molecular formula is C10H8N2O2. The van der Waals surface area contributed by atoms with E-state index in [0.29, 0.717) is 5.52 Å². The molecule has 1 amide bonds. The number of carbonyl (C=O) groups excluding carboxylic acids is 1. The first-order chi connectivity index (χ1) is 6.70. The number of hydrogen-bond acceptors (Lipinski definition) is 3. The number of hydrogen-bond donors (Lipinski definition) is 2. The maximum absolute atomic E-state index is 11.1. The Bertz CT molecular complexity index is 508. The second-order valence-corrected chi connectivity index (χ2v) is 2.90. The zero-order valence-corrected chi connectivity index (χ0v) is 7.27. The van der Waals surface area contributed by atoms with Gasteiger partial charge in [0.05, 0.1) is 5.52 Å². The van der Waals surface area contributed by atoms with Crippen LogP contribution in [0.3, 0.4) is 0 Å². The summed E-state index contributed by atoms with van der Waals surface area (Å²) in [7, 11) is 0. The number of rotatable bonds is 1. The van der Waals surface area contributed by atoms with Gasteiger partial charge < -0.3 is 10.8 Å². The van der Waals surface area contributed by atoms with Crippen LogP contribution < -0.4 is 5.73 Å². The summed E-state index contributed by atoms with van der Waals surface area (Å²) >= 11 is 0. The van der Waals surface area contributed by atoms with Crippen LogP contribution in [0.1, 0.15) is 10.4 Å². The number of aromatic hydroxyl groups is 1. The lowest BCUT2D eigenvalue weighted by Crippen LogP contribution is -2.12. The summed E-state index contributed by atoms with van der Waals surface area (Å²) in [6, 6.07) is 6.67. The van der Waals surface area contributed by atoms with Crippen LogP contribution in [-0.4, -0.2) is 16.0 Å². The third-order valence-electron chi connectivity index (χ3n) is 2.00. The van der Waals surface area contributed by atoms with Crippen molar-refractivity contribution in [1.29, 1.82) is 0 Å². The predicted octanol–water partition coefficient (Wildman–Crippen LogP) is 1.04. The highest BCUT2D eigenvalue weighted by Crippen LogP contribution is 2.24. The Labute approximate surface area is 80.0 Å². The van der Waals surface area contributed by atoms with Crippen LogP contribution in [0.4, 0.5) is 0 Å². The van der Waals surface area contributed by atoms with Gasteiger partial charge in [0.25, 0.3) is 5.91 Å². The Balaban J connectivity index is 2.90. The van der Waals surface area contributed by atoms with E-state index in [9.17, 15) is 9.90 Å². The quantitative estimate of drug-likeness (QED) is 0.701. The number of carbonyl (C=O) groups is 1. The summed E-state index contributed by atoms with van der Waals surface area (Å²) in [5, 5.41) is 10.2. The molecule has 4 nitrogen and oxygen atoms in total. The van der Waals surface area contributed by atoms with Crippen molar-refractivity contribution in [3.63, 3.8) is 0 Å². The molecule has 0 fully saturated rings.